The molecule has 0 aliphatic rings. The SMILES string of the molecule is Cc1cccc(NC(=S)NN=Cc2ccccc2[N+](=O)[O-])c1C. The summed E-state index contributed by atoms with van der Waals surface area (Å²) in [5.74, 6) is 0. The number of nitrogens with zero attached hydrogens (tertiary/aromatic N) is 2. The van der Waals surface area contributed by atoms with Crippen molar-refractivity contribution < 1.29 is 4.92 Å². The highest BCUT2D eigenvalue weighted by atomic mass is 32.1. The summed E-state index contributed by atoms with van der Waals surface area (Å²) >= 11 is 5.17. The van der Waals surface area contributed by atoms with E-state index < -0.39 is 4.92 Å². The molecule has 0 aromatic heterocycles. The molecule has 0 saturated heterocycles. The number of benzene rings is 2. The maximum absolute atomic E-state index is 10.9. The van der Waals surface area contributed by atoms with Crippen molar-refractivity contribution in [3.05, 3.63) is 69.3 Å². The lowest BCUT2D eigenvalue weighted by atomic mass is 10.1. The summed E-state index contributed by atoms with van der Waals surface area (Å²) in [6, 6.07) is 12.2. The summed E-state index contributed by atoms with van der Waals surface area (Å²) in [7, 11) is 0. The van der Waals surface area contributed by atoms with E-state index in [0.29, 0.717) is 10.7 Å². The van der Waals surface area contributed by atoms with Gasteiger partial charge in [0.1, 0.15) is 0 Å². The van der Waals surface area contributed by atoms with Gasteiger partial charge in [-0.3, -0.25) is 15.5 Å². The van der Waals surface area contributed by atoms with Gasteiger partial charge in [0.25, 0.3) is 5.69 Å². The van der Waals surface area contributed by atoms with Crippen molar-refractivity contribution in [3.8, 4) is 0 Å². The molecule has 0 fully saturated rings. The molecule has 0 radical (unpaired) electrons. The van der Waals surface area contributed by atoms with E-state index in [9.17, 15) is 10.1 Å². The normalized spacial score (nSPS) is 10.5. The molecule has 0 bridgehead atoms. The van der Waals surface area contributed by atoms with Crippen molar-refractivity contribution in [2.24, 2.45) is 5.10 Å². The quantitative estimate of drug-likeness (QED) is 0.388. The fourth-order valence-corrected chi connectivity index (χ4v) is 2.12. The maximum Gasteiger partial charge on any atom is 0.278 e. The molecule has 2 rings (SSSR count). The van der Waals surface area contributed by atoms with Gasteiger partial charge in [0, 0.05) is 11.8 Å². The molecule has 0 spiro atoms. The summed E-state index contributed by atoms with van der Waals surface area (Å²) in [6.45, 7) is 4.01. The molecule has 2 aromatic carbocycles. The molecular weight excluding hydrogens is 312 g/mol. The predicted octanol–water partition coefficient (Wildman–Crippen LogP) is 3.53. The molecule has 0 aliphatic heterocycles. The number of nitro benzene ring substituents is 1. The van der Waals surface area contributed by atoms with Crippen LogP contribution in [0.25, 0.3) is 0 Å². The number of rotatable bonds is 4. The minimum absolute atomic E-state index is 0.00791. The highest BCUT2D eigenvalue weighted by Crippen LogP contribution is 2.18. The van der Waals surface area contributed by atoms with E-state index in [2.05, 4.69) is 15.8 Å². The first-order chi connectivity index (χ1) is 11.0. The van der Waals surface area contributed by atoms with E-state index in [-0.39, 0.29) is 5.69 Å². The number of anilines is 1. The number of hydrogen-bond acceptors (Lipinski definition) is 4. The molecule has 0 aliphatic carbocycles. The first-order valence-electron chi connectivity index (χ1n) is 6.88. The number of aryl methyl sites for hydroxylation is 1. The zero-order valence-electron chi connectivity index (χ0n) is 12.7. The molecule has 2 aromatic rings. The van der Waals surface area contributed by atoms with Crippen LogP contribution in [0, 0.1) is 24.0 Å². The Balaban J connectivity index is 2.02. The van der Waals surface area contributed by atoms with E-state index in [1.54, 1.807) is 18.2 Å². The molecule has 118 valence electrons. The third-order valence-corrected chi connectivity index (χ3v) is 3.55. The Morgan fingerprint density at radius 2 is 1.96 bits per heavy atom. The topological polar surface area (TPSA) is 79.6 Å². The average Bonchev–Trinajstić information content (AvgIpc) is 2.52. The van der Waals surface area contributed by atoms with Crippen molar-refractivity contribution in [3.63, 3.8) is 0 Å². The fraction of sp³-hybridized carbons (Fsp3) is 0.125. The molecule has 6 nitrogen and oxygen atoms in total. The van der Waals surface area contributed by atoms with Gasteiger partial charge in [-0.2, -0.15) is 5.10 Å². The number of para-hydroxylation sites is 1. The highest BCUT2D eigenvalue weighted by Gasteiger charge is 2.09. The Bertz CT molecular complexity index is 774. The number of nitro groups is 1. The van der Waals surface area contributed by atoms with Crippen molar-refractivity contribution in [2.75, 3.05) is 5.32 Å². The Hall–Kier alpha value is -2.80. The Kier molecular flexibility index (Phi) is 5.37. The third-order valence-electron chi connectivity index (χ3n) is 3.36. The van der Waals surface area contributed by atoms with Gasteiger partial charge in [-0.05, 0) is 49.3 Å². The second-order valence-corrected chi connectivity index (χ2v) is 5.30. The van der Waals surface area contributed by atoms with Crippen LogP contribution in [0.15, 0.2) is 47.6 Å². The van der Waals surface area contributed by atoms with Gasteiger partial charge in [0.15, 0.2) is 5.11 Å². The van der Waals surface area contributed by atoms with Crippen molar-refractivity contribution >= 4 is 34.9 Å². The molecule has 7 heteroatoms. The summed E-state index contributed by atoms with van der Waals surface area (Å²) in [6.07, 6.45) is 1.37. The van der Waals surface area contributed by atoms with Gasteiger partial charge in [-0.15, -0.1) is 0 Å². The van der Waals surface area contributed by atoms with E-state index in [0.717, 1.165) is 16.8 Å². The van der Waals surface area contributed by atoms with Crippen LogP contribution < -0.4 is 10.7 Å². The Labute approximate surface area is 139 Å². The minimum Gasteiger partial charge on any atom is -0.331 e. The first kappa shape index (κ1) is 16.6. The molecule has 0 saturated carbocycles. The van der Waals surface area contributed by atoms with E-state index in [4.69, 9.17) is 12.2 Å². The summed E-state index contributed by atoms with van der Waals surface area (Å²) in [5.41, 5.74) is 6.20. The smallest absolute Gasteiger partial charge is 0.278 e. The van der Waals surface area contributed by atoms with Crippen LogP contribution in [0.3, 0.4) is 0 Å². The van der Waals surface area contributed by atoms with Gasteiger partial charge < -0.3 is 5.32 Å². The number of thiocarbonyl (C=S) groups is 1. The van der Waals surface area contributed by atoms with Crippen molar-refractivity contribution in [1.29, 1.82) is 0 Å². The maximum atomic E-state index is 10.9. The average molecular weight is 328 g/mol. The number of hydrogen-bond donors (Lipinski definition) is 2. The van der Waals surface area contributed by atoms with Crippen molar-refractivity contribution in [1.82, 2.24) is 5.43 Å². The zero-order valence-corrected chi connectivity index (χ0v) is 13.6. The van der Waals surface area contributed by atoms with Gasteiger partial charge in [0.2, 0.25) is 0 Å². The summed E-state index contributed by atoms with van der Waals surface area (Å²) in [4.78, 5) is 10.5. The van der Waals surface area contributed by atoms with Crippen LogP contribution in [0.2, 0.25) is 0 Å². The Morgan fingerprint density at radius 3 is 2.70 bits per heavy atom. The third kappa shape index (κ3) is 4.33. The molecule has 2 N–H and O–H groups in total. The lowest BCUT2D eigenvalue weighted by Gasteiger charge is -2.11. The standard InChI is InChI=1S/C16H16N4O2S/c1-11-6-5-8-14(12(11)2)18-16(23)19-17-10-13-7-3-4-9-15(13)20(21)22/h3-10H,1-2H3,(H2,18,19,23). The van der Waals surface area contributed by atoms with Crippen LogP contribution in [-0.4, -0.2) is 16.3 Å². The van der Waals surface area contributed by atoms with Gasteiger partial charge >= 0.3 is 0 Å². The van der Waals surface area contributed by atoms with Crippen molar-refractivity contribution in [2.45, 2.75) is 13.8 Å². The van der Waals surface area contributed by atoms with Crippen LogP contribution in [-0.2, 0) is 0 Å². The van der Waals surface area contributed by atoms with Crippen LogP contribution in [0.1, 0.15) is 16.7 Å². The fourth-order valence-electron chi connectivity index (χ4n) is 1.96. The van der Waals surface area contributed by atoms with Crippen LogP contribution >= 0.6 is 12.2 Å². The lowest BCUT2D eigenvalue weighted by Crippen LogP contribution is -2.24. The summed E-state index contributed by atoms with van der Waals surface area (Å²) < 4.78 is 0. The molecular formula is C16H16N4O2S. The number of nitrogens with one attached hydrogen (secondary N) is 2. The molecule has 0 amide bonds. The van der Waals surface area contributed by atoms with E-state index in [1.807, 2.05) is 32.0 Å². The molecule has 0 unspecified atom stereocenters. The predicted molar refractivity (Wildman–Crippen MR) is 96.0 cm³/mol. The number of hydrazone groups is 1. The largest absolute Gasteiger partial charge is 0.331 e. The monoisotopic (exact) mass is 328 g/mol. The minimum atomic E-state index is -0.450. The van der Waals surface area contributed by atoms with Crippen LogP contribution in [0.5, 0.6) is 0 Å². The zero-order chi connectivity index (χ0) is 16.8. The molecule has 23 heavy (non-hydrogen) atoms. The second kappa shape index (κ2) is 7.46. The Morgan fingerprint density at radius 1 is 1.22 bits per heavy atom. The van der Waals surface area contributed by atoms with Gasteiger partial charge in [-0.1, -0.05) is 24.3 Å². The van der Waals surface area contributed by atoms with E-state index >= 15 is 0 Å². The van der Waals surface area contributed by atoms with Gasteiger partial charge in [-0.25, -0.2) is 0 Å². The molecule has 0 heterocycles. The highest BCUT2D eigenvalue weighted by molar-refractivity contribution is 7.80. The van der Waals surface area contributed by atoms with Gasteiger partial charge in [0.05, 0.1) is 16.7 Å². The molecule has 0 atom stereocenters. The summed E-state index contributed by atoms with van der Waals surface area (Å²) in [5, 5.41) is 18.2. The first-order valence-corrected chi connectivity index (χ1v) is 7.29. The van der Waals surface area contributed by atoms with Crippen LogP contribution in [0.4, 0.5) is 11.4 Å². The lowest BCUT2D eigenvalue weighted by molar-refractivity contribution is -0.385. The second-order valence-electron chi connectivity index (χ2n) is 4.89. The van der Waals surface area contributed by atoms with E-state index in [1.165, 1.54) is 12.3 Å².